The highest BCUT2D eigenvalue weighted by Crippen LogP contribution is 2.27. The van der Waals surface area contributed by atoms with E-state index in [1.54, 1.807) is 30.7 Å². The lowest BCUT2D eigenvalue weighted by molar-refractivity contribution is -0.142. The Kier molecular flexibility index (Phi) is 16.7. The summed E-state index contributed by atoms with van der Waals surface area (Å²) in [5, 5.41) is 36.3. The molecule has 1 saturated carbocycles. The zero-order chi connectivity index (χ0) is 53.8. The van der Waals surface area contributed by atoms with E-state index in [4.69, 9.17) is 4.74 Å². The first-order chi connectivity index (χ1) is 37.3. The van der Waals surface area contributed by atoms with Gasteiger partial charge in [0.05, 0.1) is 6.04 Å². The molecule has 9 rings (SSSR count). The molecule has 1 fully saturated rings. The number of carboxylic acid groups (broad SMARTS) is 1. The smallest absolute Gasteiger partial charge is 0.408 e. The lowest BCUT2D eigenvalue weighted by Gasteiger charge is -2.30. The minimum Gasteiger partial charge on any atom is -0.508 e. The van der Waals surface area contributed by atoms with Crippen molar-refractivity contribution in [2.45, 2.75) is 94.6 Å². The molecule has 18 nitrogen and oxygen atoms in total. The highest BCUT2D eigenvalue weighted by Gasteiger charge is 2.36. The number of aromatic amines is 3. The maximum Gasteiger partial charge on any atom is 0.408 e. The number of fused-ring (bicyclic) bond motifs is 3. The van der Waals surface area contributed by atoms with E-state index in [9.17, 15) is 43.8 Å². The lowest BCUT2D eigenvalue weighted by Crippen LogP contribution is -2.57. The van der Waals surface area contributed by atoms with Crippen molar-refractivity contribution in [3.05, 3.63) is 174 Å². The fourth-order valence-corrected chi connectivity index (χ4v) is 10.1. The van der Waals surface area contributed by atoms with E-state index in [-0.39, 0.29) is 56.7 Å². The maximum atomic E-state index is 14.6. The van der Waals surface area contributed by atoms with Crippen molar-refractivity contribution in [2.75, 3.05) is 0 Å². The van der Waals surface area contributed by atoms with E-state index in [0.717, 1.165) is 49.4 Å². The molecule has 0 aliphatic heterocycles. The summed E-state index contributed by atoms with van der Waals surface area (Å²) < 4.78 is 5.54. The number of carbonyl (C=O) groups excluding carboxylic acids is 6. The first-order valence-electron chi connectivity index (χ1n) is 25.7. The molecule has 0 unspecified atom stereocenters. The van der Waals surface area contributed by atoms with Crippen LogP contribution in [0.4, 0.5) is 4.79 Å². The summed E-state index contributed by atoms with van der Waals surface area (Å²) in [6.07, 6.45) is 5.74. The minimum atomic E-state index is -1.35. The number of carbonyl (C=O) groups is 7. The second kappa shape index (κ2) is 24.4. The molecule has 18 heteroatoms. The zero-order valence-corrected chi connectivity index (χ0v) is 42.1. The molecule has 5 aromatic carbocycles. The number of H-pyrrole nitrogens is 3. The lowest BCUT2D eigenvalue weighted by atomic mass is 9.81. The predicted molar refractivity (Wildman–Crippen MR) is 288 cm³/mol. The molecule has 10 N–H and O–H groups in total. The molecular formula is C59H60N8O10. The summed E-state index contributed by atoms with van der Waals surface area (Å²) in [6.45, 7) is -0.0386. The van der Waals surface area contributed by atoms with Crippen LogP contribution < -0.4 is 26.6 Å². The van der Waals surface area contributed by atoms with Gasteiger partial charge < -0.3 is 56.5 Å². The number of aromatic hydroxyl groups is 1. The van der Waals surface area contributed by atoms with Gasteiger partial charge >= 0.3 is 12.1 Å². The van der Waals surface area contributed by atoms with E-state index >= 15 is 0 Å². The molecule has 0 saturated heterocycles. The third-order valence-corrected chi connectivity index (χ3v) is 14.2. The fourth-order valence-electron chi connectivity index (χ4n) is 10.1. The Hall–Kier alpha value is -9.19. The van der Waals surface area contributed by atoms with Gasteiger partial charge in [0.15, 0.2) is 5.78 Å². The van der Waals surface area contributed by atoms with Gasteiger partial charge in [0.1, 0.15) is 36.5 Å². The van der Waals surface area contributed by atoms with Gasteiger partial charge in [-0.15, -0.1) is 0 Å². The Morgan fingerprint density at radius 2 is 1.04 bits per heavy atom. The number of amides is 5. The van der Waals surface area contributed by atoms with Gasteiger partial charge in [-0.3, -0.25) is 24.0 Å². The van der Waals surface area contributed by atoms with E-state index in [0.29, 0.717) is 30.4 Å². The minimum absolute atomic E-state index is 0.00581. The number of carboxylic acids is 1. The number of ketones is 1. The number of aliphatic carboxylic acids is 1. The summed E-state index contributed by atoms with van der Waals surface area (Å²) in [5.41, 5.74) is 5.98. The number of hydrogen-bond donors (Lipinski definition) is 10. The van der Waals surface area contributed by atoms with E-state index in [1.165, 1.54) is 12.1 Å². The molecule has 0 radical (unpaired) electrons. The third-order valence-electron chi connectivity index (χ3n) is 14.2. The van der Waals surface area contributed by atoms with Crippen LogP contribution in [0, 0.1) is 5.92 Å². The maximum absolute atomic E-state index is 14.6. The molecule has 3 aromatic heterocycles. The van der Waals surface area contributed by atoms with Crippen molar-refractivity contribution in [3.63, 3.8) is 0 Å². The topological polar surface area (TPSA) is 277 Å². The van der Waals surface area contributed by atoms with Crippen LogP contribution in [-0.2, 0) is 65.8 Å². The molecule has 3 heterocycles. The van der Waals surface area contributed by atoms with Crippen molar-refractivity contribution in [3.8, 4) is 5.75 Å². The largest absolute Gasteiger partial charge is 0.508 e. The van der Waals surface area contributed by atoms with Gasteiger partial charge in [-0.05, 0) is 77.4 Å². The predicted octanol–water partition coefficient (Wildman–Crippen LogP) is 6.57. The average Bonchev–Trinajstić information content (AvgIpc) is 4.18. The van der Waals surface area contributed by atoms with E-state index < -0.39 is 71.8 Å². The van der Waals surface area contributed by atoms with Crippen LogP contribution in [0.15, 0.2) is 146 Å². The van der Waals surface area contributed by atoms with Crippen LogP contribution in [0.3, 0.4) is 0 Å². The average molecular weight is 1040 g/mol. The van der Waals surface area contributed by atoms with Gasteiger partial charge in [0.2, 0.25) is 23.6 Å². The molecule has 8 aromatic rings. The Morgan fingerprint density at radius 3 is 1.58 bits per heavy atom. The van der Waals surface area contributed by atoms with Crippen molar-refractivity contribution in [1.82, 2.24) is 41.5 Å². The molecule has 77 heavy (non-hydrogen) atoms. The SMILES string of the molecule is O=C(CC[C@H]1CCC[C@@H](NC(=O)[C@H](Cc2c[nH]c3ccccc23)NC(=O)[C@H](Cc2c[nH]c3ccccc23)NC(=O)OCc2ccccc2)C1=O)N[C@@H](Cc1c[nH]c2ccccc12)C(=O)N[C@@H](Cc1ccc(O)cc1)C(=O)O. The van der Waals surface area contributed by atoms with E-state index in [2.05, 4.69) is 41.5 Å². The quantitative estimate of drug-likeness (QED) is 0.0348. The van der Waals surface area contributed by atoms with Gasteiger partial charge in [0, 0.05) is 89.3 Å². The van der Waals surface area contributed by atoms with Crippen molar-refractivity contribution < 1.29 is 48.5 Å². The number of Topliss-reactive ketones (excluding diaryl/α,β-unsaturated/α-hetero) is 1. The number of phenols is 1. The molecule has 5 amide bonds. The summed E-state index contributed by atoms with van der Waals surface area (Å²) in [4.78, 5) is 107. The molecule has 0 spiro atoms. The number of aromatic nitrogens is 3. The van der Waals surface area contributed by atoms with Crippen LogP contribution in [0.5, 0.6) is 5.75 Å². The molecular weight excluding hydrogens is 981 g/mol. The number of para-hydroxylation sites is 3. The standard InChI is InChI=1S/C59H60N8O10/c68-41-24-21-35(22-25-41)27-52(58(74)75)66-55(71)49(28-38-31-60-45-17-7-4-14-42(38)45)63-53(69)26-23-37-13-10-20-48(54(37)70)64-56(72)50(29-39-32-61-46-18-8-5-15-43(39)46)65-57(73)51(30-40-33-62-47-19-9-6-16-44(40)47)67-59(76)77-34-36-11-2-1-3-12-36/h1-9,11-12,14-19,21-22,24-25,31-33,37,48-52,60-62,68H,10,13,20,23,26-30,34H2,(H,63,69)(H,64,72)(H,65,73)(H,66,71)(H,67,76)(H,74,75)/t37-,48-,49+,50+,51+,52+/m1/s1. The Labute approximate surface area is 442 Å². The van der Waals surface area contributed by atoms with Gasteiger partial charge in [0.25, 0.3) is 0 Å². The van der Waals surface area contributed by atoms with Crippen molar-refractivity contribution in [2.24, 2.45) is 5.92 Å². The summed E-state index contributed by atoms with van der Waals surface area (Å²) in [6, 6.07) is 31.7. The molecule has 396 valence electrons. The van der Waals surface area contributed by atoms with Crippen molar-refractivity contribution >= 4 is 74.2 Å². The highest BCUT2D eigenvalue weighted by molar-refractivity contribution is 5.97. The second-order valence-electron chi connectivity index (χ2n) is 19.5. The number of benzene rings is 5. The number of phenolic OH excluding ortho intramolecular Hbond substituents is 1. The number of alkyl carbamates (subject to hydrolysis) is 1. The Bertz CT molecular complexity index is 3400. The number of nitrogens with one attached hydrogen (secondary N) is 8. The summed E-state index contributed by atoms with van der Waals surface area (Å²) >= 11 is 0. The van der Waals surface area contributed by atoms with Gasteiger partial charge in [-0.25, -0.2) is 9.59 Å². The Morgan fingerprint density at radius 1 is 0.545 bits per heavy atom. The van der Waals surface area contributed by atoms with Crippen LogP contribution in [0.1, 0.15) is 59.9 Å². The first kappa shape index (κ1) is 52.7. The number of ether oxygens (including phenoxy) is 1. The normalized spacial score (nSPS) is 16.0. The van der Waals surface area contributed by atoms with Crippen LogP contribution >= 0.6 is 0 Å². The van der Waals surface area contributed by atoms with Gasteiger partial charge in [-0.2, -0.15) is 0 Å². The number of rotatable bonds is 22. The molecule has 1 aliphatic carbocycles. The van der Waals surface area contributed by atoms with Crippen LogP contribution in [0.2, 0.25) is 0 Å². The molecule has 1 aliphatic rings. The summed E-state index contributed by atoms with van der Waals surface area (Å²) in [7, 11) is 0. The highest BCUT2D eigenvalue weighted by atomic mass is 16.5. The summed E-state index contributed by atoms with van der Waals surface area (Å²) in [5.74, 6) is -4.71. The Balaban J connectivity index is 0.882. The first-order valence-corrected chi connectivity index (χ1v) is 25.7. The third kappa shape index (κ3) is 13.4. The molecule has 0 bridgehead atoms. The van der Waals surface area contributed by atoms with Crippen LogP contribution in [-0.4, -0.2) is 96.8 Å². The van der Waals surface area contributed by atoms with Crippen LogP contribution in [0.25, 0.3) is 32.7 Å². The number of hydrogen-bond acceptors (Lipinski definition) is 9. The zero-order valence-electron chi connectivity index (χ0n) is 42.1. The monoisotopic (exact) mass is 1040 g/mol. The van der Waals surface area contributed by atoms with E-state index in [1.807, 2.05) is 103 Å². The van der Waals surface area contributed by atoms with Gasteiger partial charge in [-0.1, -0.05) is 103 Å². The van der Waals surface area contributed by atoms with Crippen molar-refractivity contribution in [1.29, 1.82) is 0 Å². The second-order valence-corrected chi connectivity index (χ2v) is 19.5. The fraction of sp³-hybridized carbons (Fsp3) is 0.271. The molecule has 6 atom stereocenters.